The van der Waals surface area contributed by atoms with Crippen LogP contribution >= 0.6 is 0 Å². The Morgan fingerprint density at radius 3 is 2.78 bits per heavy atom. The van der Waals surface area contributed by atoms with Crippen molar-refractivity contribution >= 4 is 17.6 Å². The average molecular weight is 367 g/mol. The highest BCUT2D eigenvalue weighted by molar-refractivity contribution is 5.96. The second-order valence-corrected chi connectivity index (χ2v) is 5.36. The molecule has 1 heterocycles. The maximum Gasteiger partial charge on any atom is 0.338 e. The van der Waals surface area contributed by atoms with Gasteiger partial charge in [-0.05, 0) is 47.7 Å². The molecule has 9 heteroatoms. The third-order valence-corrected chi connectivity index (χ3v) is 3.49. The molecule has 138 valence electrons. The van der Waals surface area contributed by atoms with Gasteiger partial charge in [0.15, 0.2) is 6.61 Å². The highest BCUT2D eigenvalue weighted by Gasteiger charge is 2.13. The topological polar surface area (TPSA) is 108 Å². The zero-order chi connectivity index (χ0) is 19.1. The molecular formula is C18H17N5O4. The normalized spacial score (nSPS) is 10.3. The van der Waals surface area contributed by atoms with Crippen LogP contribution in [-0.2, 0) is 9.53 Å². The lowest BCUT2D eigenvalue weighted by Gasteiger charge is -2.11. The van der Waals surface area contributed by atoms with Crippen molar-refractivity contribution in [2.45, 2.75) is 6.92 Å². The number of carbonyl (C=O) groups excluding carboxylic acids is 2. The first-order chi connectivity index (χ1) is 13.2. The quantitative estimate of drug-likeness (QED) is 0.635. The highest BCUT2D eigenvalue weighted by Crippen LogP contribution is 2.23. The first kappa shape index (κ1) is 18.1. The van der Waals surface area contributed by atoms with Crippen molar-refractivity contribution in [1.82, 2.24) is 20.2 Å². The van der Waals surface area contributed by atoms with Crippen LogP contribution in [0.3, 0.4) is 0 Å². The average Bonchev–Trinajstić information content (AvgIpc) is 3.23. The van der Waals surface area contributed by atoms with Crippen molar-refractivity contribution in [3.63, 3.8) is 0 Å². The van der Waals surface area contributed by atoms with E-state index in [4.69, 9.17) is 9.47 Å². The molecule has 3 rings (SSSR count). The predicted molar refractivity (Wildman–Crippen MR) is 95.7 cm³/mol. The molecule has 1 aromatic heterocycles. The molecule has 0 aliphatic rings. The fraction of sp³-hybridized carbons (Fsp3) is 0.167. The van der Waals surface area contributed by atoms with E-state index in [-0.39, 0.29) is 5.56 Å². The summed E-state index contributed by atoms with van der Waals surface area (Å²) in [7, 11) is 0. The van der Waals surface area contributed by atoms with Gasteiger partial charge in [0.1, 0.15) is 12.1 Å². The van der Waals surface area contributed by atoms with Crippen LogP contribution in [0.2, 0.25) is 0 Å². The number of esters is 1. The van der Waals surface area contributed by atoms with Crippen LogP contribution in [0, 0.1) is 0 Å². The number of hydrogen-bond donors (Lipinski definition) is 1. The molecule has 0 unspecified atom stereocenters. The summed E-state index contributed by atoms with van der Waals surface area (Å²) in [6.07, 6.45) is 1.41. The fourth-order valence-corrected chi connectivity index (χ4v) is 2.31. The predicted octanol–water partition coefficient (Wildman–Crippen LogP) is 1.86. The number of ether oxygens (including phenoxy) is 2. The van der Waals surface area contributed by atoms with Crippen molar-refractivity contribution in [2.75, 3.05) is 18.5 Å². The lowest BCUT2D eigenvalue weighted by atomic mass is 10.2. The minimum absolute atomic E-state index is 0.283. The van der Waals surface area contributed by atoms with Gasteiger partial charge in [-0.1, -0.05) is 18.2 Å². The van der Waals surface area contributed by atoms with Gasteiger partial charge >= 0.3 is 5.97 Å². The molecule has 1 N–H and O–H groups in total. The van der Waals surface area contributed by atoms with Gasteiger partial charge in [0.2, 0.25) is 0 Å². The molecule has 1 amide bonds. The number of carbonyl (C=O) groups is 2. The number of benzene rings is 2. The van der Waals surface area contributed by atoms with Gasteiger partial charge in [-0.2, -0.15) is 0 Å². The van der Waals surface area contributed by atoms with E-state index >= 15 is 0 Å². The van der Waals surface area contributed by atoms with Crippen LogP contribution in [0.5, 0.6) is 5.75 Å². The van der Waals surface area contributed by atoms with Gasteiger partial charge in [0, 0.05) is 0 Å². The second kappa shape index (κ2) is 8.56. The van der Waals surface area contributed by atoms with Crippen LogP contribution in [0.25, 0.3) is 5.69 Å². The Labute approximate surface area is 154 Å². The summed E-state index contributed by atoms with van der Waals surface area (Å²) >= 11 is 0. The Morgan fingerprint density at radius 2 is 2.00 bits per heavy atom. The SMILES string of the molecule is CCOc1ccccc1NC(=O)COC(=O)c1cccc(-n2cnnn2)c1. The third kappa shape index (κ3) is 4.66. The number of aromatic nitrogens is 4. The molecule has 0 saturated heterocycles. The lowest BCUT2D eigenvalue weighted by molar-refractivity contribution is -0.119. The maximum absolute atomic E-state index is 12.2. The summed E-state index contributed by atoms with van der Waals surface area (Å²) in [6, 6.07) is 13.6. The maximum atomic E-state index is 12.2. The first-order valence-electron chi connectivity index (χ1n) is 8.19. The Kier molecular flexibility index (Phi) is 5.73. The van der Waals surface area contributed by atoms with Crippen LogP contribution < -0.4 is 10.1 Å². The summed E-state index contributed by atoms with van der Waals surface area (Å²) in [5.41, 5.74) is 1.40. The van der Waals surface area contributed by atoms with E-state index < -0.39 is 18.5 Å². The highest BCUT2D eigenvalue weighted by atomic mass is 16.5. The number of tetrazole rings is 1. The van der Waals surface area contributed by atoms with Gasteiger partial charge in [-0.15, -0.1) is 5.10 Å². The van der Waals surface area contributed by atoms with E-state index in [1.54, 1.807) is 48.5 Å². The largest absolute Gasteiger partial charge is 0.492 e. The number of nitrogens with zero attached hydrogens (tertiary/aromatic N) is 4. The molecule has 0 bridgehead atoms. The van der Waals surface area contributed by atoms with Crippen LogP contribution in [0.4, 0.5) is 5.69 Å². The molecule has 0 aliphatic heterocycles. The molecule has 9 nitrogen and oxygen atoms in total. The zero-order valence-corrected chi connectivity index (χ0v) is 14.5. The summed E-state index contributed by atoms with van der Waals surface area (Å²) in [4.78, 5) is 24.3. The number of anilines is 1. The van der Waals surface area contributed by atoms with Crippen molar-refractivity contribution in [2.24, 2.45) is 0 Å². The summed E-state index contributed by atoms with van der Waals surface area (Å²) in [5, 5.41) is 13.5. The van der Waals surface area contributed by atoms with E-state index in [2.05, 4.69) is 20.8 Å². The van der Waals surface area contributed by atoms with Crippen LogP contribution in [-0.4, -0.2) is 45.3 Å². The third-order valence-electron chi connectivity index (χ3n) is 3.49. The standard InChI is InChI=1S/C18H17N5O4/c1-2-26-16-9-4-3-8-15(16)20-17(24)11-27-18(25)13-6-5-7-14(10-13)23-12-19-21-22-23/h3-10,12H,2,11H2,1H3,(H,20,24). The molecule has 27 heavy (non-hydrogen) atoms. The van der Waals surface area contributed by atoms with Crippen LogP contribution in [0.15, 0.2) is 54.9 Å². The Balaban J connectivity index is 1.59. The van der Waals surface area contributed by atoms with E-state index in [0.29, 0.717) is 23.7 Å². The van der Waals surface area contributed by atoms with E-state index in [0.717, 1.165) is 0 Å². The second-order valence-electron chi connectivity index (χ2n) is 5.36. The minimum Gasteiger partial charge on any atom is -0.492 e. The van der Waals surface area contributed by atoms with Gasteiger partial charge in [-0.3, -0.25) is 4.79 Å². The molecule has 0 radical (unpaired) electrons. The minimum atomic E-state index is -0.627. The molecule has 0 atom stereocenters. The van der Waals surface area contributed by atoms with Gasteiger partial charge in [0.25, 0.3) is 5.91 Å². The molecule has 0 saturated carbocycles. The smallest absolute Gasteiger partial charge is 0.338 e. The molecule has 0 fully saturated rings. The number of nitrogens with one attached hydrogen (secondary N) is 1. The van der Waals surface area contributed by atoms with Gasteiger partial charge < -0.3 is 14.8 Å². The molecule has 3 aromatic rings. The number of hydrogen-bond acceptors (Lipinski definition) is 7. The van der Waals surface area contributed by atoms with Crippen molar-refractivity contribution in [3.8, 4) is 11.4 Å². The molecule has 2 aromatic carbocycles. The zero-order valence-electron chi connectivity index (χ0n) is 14.5. The summed E-state index contributed by atoms with van der Waals surface area (Å²) < 4.78 is 11.9. The summed E-state index contributed by atoms with van der Waals surface area (Å²) in [5.74, 6) is -0.542. The van der Waals surface area contributed by atoms with E-state index in [1.165, 1.54) is 11.0 Å². The molecular weight excluding hydrogens is 350 g/mol. The Bertz CT molecular complexity index is 927. The number of rotatable bonds is 7. The first-order valence-corrected chi connectivity index (χ1v) is 8.19. The number of para-hydroxylation sites is 2. The van der Waals surface area contributed by atoms with Crippen molar-refractivity contribution < 1.29 is 19.1 Å². The molecule has 0 aliphatic carbocycles. The van der Waals surface area contributed by atoms with Crippen LogP contribution in [0.1, 0.15) is 17.3 Å². The van der Waals surface area contributed by atoms with Crippen molar-refractivity contribution in [1.29, 1.82) is 0 Å². The Hall–Kier alpha value is -3.75. The van der Waals surface area contributed by atoms with Gasteiger partial charge in [0.05, 0.1) is 23.5 Å². The fourth-order valence-electron chi connectivity index (χ4n) is 2.31. The Morgan fingerprint density at radius 1 is 1.15 bits per heavy atom. The van der Waals surface area contributed by atoms with E-state index in [9.17, 15) is 9.59 Å². The van der Waals surface area contributed by atoms with E-state index in [1.807, 2.05) is 6.92 Å². The summed E-state index contributed by atoms with van der Waals surface area (Å²) in [6.45, 7) is 1.90. The van der Waals surface area contributed by atoms with Gasteiger partial charge in [-0.25, -0.2) is 9.48 Å². The lowest BCUT2D eigenvalue weighted by Crippen LogP contribution is -2.21. The number of amides is 1. The van der Waals surface area contributed by atoms with Crippen molar-refractivity contribution in [3.05, 3.63) is 60.4 Å². The monoisotopic (exact) mass is 367 g/mol. The molecule has 0 spiro atoms.